The smallest absolute Gasteiger partial charge is 0.339 e. The van der Waals surface area contributed by atoms with E-state index in [1.165, 1.54) is 31.2 Å². The Balaban J connectivity index is 2.37. The number of hydrogen-bond donors (Lipinski definition) is 0. The van der Waals surface area contributed by atoms with Gasteiger partial charge in [0.25, 0.3) is 5.69 Å². The van der Waals surface area contributed by atoms with Crippen LogP contribution in [0.3, 0.4) is 0 Å². The monoisotopic (exact) mass is 293 g/mol. The summed E-state index contributed by atoms with van der Waals surface area (Å²) in [6.07, 6.45) is 0. The normalized spacial score (nSPS) is 11.1. The van der Waals surface area contributed by atoms with E-state index < -0.39 is 15.0 Å². The maximum atomic E-state index is 12.1. The summed E-state index contributed by atoms with van der Waals surface area (Å²) in [6, 6.07) is 11.6. The highest BCUT2D eigenvalue weighted by molar-refractivity contribution is 7.87. The number of nitro groups is 1. The zero-order valence-corrected chi connectivity index (χ0v) is 11.3. The number of para-hydroxylation sites is 1. The molecule has 0 saturated heterocycles. The lowest BCUT2D eigenvalue weighted by atomic mass is 10.2. The molecule has 0 aromatic heterocycles. The van der Waals surface area contributed by atoms with E-state index in [1.807, 2.05) is 0 Å². The maximum absolute atomic E-state index is 12.1. The van der Waals surface area contributed by atoms with E-state index in [0.29, 0.717) is 0 Å². The van der Waals surface area contributed by atoms with Crippen LogP contribution in [-0.4, -0.2) is 13.3 Å². The molecule has 0 aliphatic carbocycles. The Kier molecular flexibility index (Phi) is 3.71. The number of hydrogen-bond acceptors (Lipinski definition) is 5. The number of non-ortho nitro benzene ring substituents is 1. The third-order valence-corrected chi connectivity index (χ3v) is 4.00. The second kappa shape index (κ2) is 5.30. The molecule has 0 aliphatic rings. The van der Waals surface area contributed by atoms with Gasteiger partial charge in [-0.05, 0) is 30.7 Å². The second-order valence-corrected chi connectivity index (χ2v) is 5.57. The molecule has 0 bridgehead atoms. The molecule has 0 spiro atoms. The molecule has 0 heterocycles. The van der Waals surface area contributed by atoms with Gasteiger partial charge >= 0.3 is 10.1 Å². The number of rotatable bonds is 4. The minimum absolute atomic E-state index is 0.0908. The van der Waals surface area contributed by atoms with Crippen LogP contribution in [0.5, 0.6) is 5.75 Å². The Morgan fingerprint density at radius 2 is 1.75 bits per heavy atom. The fraction of sp³-hybridized carbons (Fsp3) is 0.0769. The van der Waals surface area contributed by atoms with E-state index in [1.54, 1.807) is 18.2 Å². The maximum Gasteiger partial charge on any atom is 0.339 e. The highest BCUT2D eigenvalue weighted by Crippen LogP contribution is 2.24. The number of benzene rings is 2. The molecule has 0 amide bonds. The van der Waals surface area contributed by atoms with Crippen LogP contribution in [0.4, 0.5) is 5.69 Å². The lowest BCUT2D eigenvalue weighted by molar-refractivity contribution is -0.385. The van der Waals surface area contributed by atoms with E-state index in [-0.39, 0.29) is 21.9 Å². The minimum Gasteiger partial charge on any atom is -0.379 e. The summed E-state index contributed by atoms with van der Waals surface area (Å²) in [4.78, 5) is 9.96. The van der Waals surface area contributed by atoms with Crippen LogP contribution < -0.4 is 4.18 Å². The SMILES string of the molecule is Cc1cc([N+](=O)[O-])ccc1S(=O)(=O)Oc1ccccc1. The van der Waals surface area contributed by atoms with Crippen molar-refractivity contribution in [3.63, 3.8) is 0 Å². The lowest BCUT2D eigenvalue weighted by Gasteiger charge is -2.08. The lowest BCUT2D eigenvalue weighted by Crippen LogP contribution is -2.11. The van der Waals surface area contributed by atoms with Crippen molar-refractivity contribution in [3.8, 4) is 5.75 Å². The van der Waals surface area contributed by atoms with Crippen molar-refractivity contribution in [2.45, 2.75) is 11.8 Å². The molecule has 2 aromatic rings. The highest BCUT2D eigenvalue weighted by atomic mass is 32.2. The van der Waals surface area contributed by atoms with Crippen LogP contribution in [-0.2, 0) is 10.1 Å². The molecule has 104 valence electrons. The quantitative estimate of drug-likeness (QED) is 0.491. The van der Waals surface area contributed by atoms with Gasteiger partial charge in [0.05, 0.1) is 4.92 Å². The topological polar surface area (TPSA) is 86.5 Å². The van der Waals surface area contributed by atoms with E-state index in [4.69, 9.17) is 4.18 Å². The first-order valence-electron chi connectivity index (χ1n) is 5.65. The van der Waals surface area contributed by atoms with Gasteiger partial charge in [0.1, 0.15) is 10.6 Å². The van der Waals surface area contributed by atoms with Crippen LogP contribution in [0.25, 0.3) is 0 Å². The van der Waals surface area contributed by atoms with Crippen LogP contribution in [0.15, 0.2) is 53.4 Å². The fourth-order valence-electron chi connectivity index (χ4n) is 1.68. The Hall–Kier alpha value is -2.41. The van der Waals surface area contributed by atoms with Crippen molar-refractivity contribution >= 4 is 15.8 Å². The summed E-state index contributed by atoms with van der Waals surface area (Å²) in [5.74, 6) is 0.185. The largest absolute Gasteiger partial charge is 0.379 e. The Morgan fingerprint density at radius 1 is 1.10 bits per heavy atom. The molecular weight excluding hydrogens is 282 g/mol. The predicted molar refractivity (Wildman–Crippen MR) is 72.1 cm³/mol. The van der Waals surface area contributed by atoms with Crippen molar-refractivity contribution < 1.29 is 17.5 Å². The Morgan fingerprint density at radius 3 is 2.30 bits per heavy atom. The summed E-state index contributed by atoms with van der Waals surface area (Å²) in [7, 11) is -4.01. The van der Waals surface area contributed by atoms with Crippen LogP contribution in [0.2, 0.25) is 0 Å². The summed E-state index contributed by atoms with van der Waals surface area (Å²) in [5.41, 5.74) is 0.0938. The standard InChI is InChI=1S/C13H11NO5S/c1-10-9-11(14(15)16)7-8-13(10)20(17,18)19-12-5-3-2-4-6-12/h2-9H,1H3. The molecule has 7 heteroatoms. The number of aryl methyl sites for hydroxylation is 1. The first-order valence-corrected chi connectivity index (χ1v) is 7.05. The second-order valence-electron chi connectivity index (χ2n) is 4.06. The third kappa shape index (κ3) is 2.94. The fourth-order valence-corrected chi connectivity index (χ4v) is 2.82. The van der Waals surface area contributed by atoms with Crippen molar-refractivity contribution in [1.29, 1.82) is 0 Å². The van der Waals surface area contributed by atoms with Gasteiger partial charge in [0.2, 0.25) is 0 Å². The Bertz CT molecular complexity index is 741. The van der Waals surface area contributed by atoms with Crippen LogP contribution in [0, 0.1) is 17.0 Å². The highest BCUT2D eigenvalue weighted by Gasteiger charge is 2.21. The van der Waals surface area contributed by atoms with Gasteiger partial charge in [-0.15, -0.1) is 0 Å². The van der Waals surface area contributed by atoms with Gasteiger partial charge in [0.15, 0.2) is 0 Å². The summed E-state index contributed by atoms with van der Waals surface area (Å²) in [5, 5.41) is 10.6. The van der Waals surface area contributed by atoms with E-state index in [2.05, 4.69) is 0 Å². The van der Waals surface area contributed by atoms with Gasteiger partial charge < -0.3 is 4.18 Å². The molecule has 0 aliphatic heterocycles. The molecule has 0 radical (unpaired) electrons. The molecule has 0 saturated carbocycles. The van der Waals surface area contributed by atoms with Gasteiger partial charge in [-0.1, -0.05) is 18.2 Å². The van der Waals surface area contributed by atoms with Gasteiger partial charge in [-0.3, -0.25) is 10.1 Å². The molecule has 0 atom stereocenters. The first kappa shape index (κ1) is 14.0. The summed E-state index contributed by atoms with van der Waals surface area (Å²) >= 11 is 0. The van der Waals surface area contributed by atoms with Crippen LogP contribution >= 0.6 is 0 Å². The van der Waals surface area contributed by atoms with Crippen molar-refractivity contribution in [2.24, 2.45) is 0 Å². The van der Waals surface area contributed by atoms with Crippen molar-refractivity contribution in [3.05, 3.63) is 64.2 Å². The molecule has 0 fully saturated rings. The average molecular weight is 293 g/mol. The third-order valence-electron chi connectivity index (χ3n) is 2.59. The van der Waals surface area contributed by atoms with Gasteiger partial charge in [-0.25, -0.2) is 0 Å². The first-order chi connectivity index (χ1) is 9.40. The average Bonchev–Trinajstić information content (AvgIpc) is 2.38. The molecule has 2 aromatic carbocycles. The van der Waals surface area contributed by atoms with Crippen molar-refractivity contribution in [1.82, 2.24) is 0 Å². The van der Waals surface area contributed by atoms with Gasteiger partial charge in [-0.2, -0.15) is 8.42 Å². The zero-order valence-electron chi connectivity index (χ0n) is 10.5. The molecule has 2 rings (SSSR count). The summed E-state index contributed by atoms with van der Waals surface area (Å²) < 4.78 is 29.2. The molecule has 20 heavy (non-hydrogen) atoms. The Labute approximate surface area is 115 Å². The van der Waals surface area contributed by atoms with Crippen molar-refractivity contribution in [2.75, 3.05) is 0 Å². The number of nitrogens with zero attached hydrogens (tertiary/aromatic N) is 1. The van der Waals surface area contributed by atoms with E-state index in [9.17, 15) is 18.5 Å². The van der Waals surface area contributed by atoms with Gasteiger partial charge in [0, 0.05) is 12.1 Å². The predicted octanol–water partition coefficient (Wildman–Crippen LogP) is 2.67. The molecule has 0 N–H and O–H groups in total. The molecular formula is C13H11NO5S. The molecule has 6 nitrogen and oxygen atoms in total. The molecule has 0 unspecified atom stereocenters. The van der Waals surface area contributed by atoms with E-state index in [0.717, 1.165) is 6.07 Å². The number of nitro benzene ring substituents is 1. The zero-order chi connectivity index (χ0) is 14.8. The van der Waals surface area contributed by atoms with Crippen LogP contribution in [0.1, 0.15) is 5.56 Å². The summed E-state index contributed by atoms with van der Waals surface area (Å²) in [6.45, 7) is 1.48. The van der Waals surface area contributed by atoms with E-state index >= 15 is 0 Å². The minimum atomic E-state index is -4.01.